The van der Waals surface area contributed by atoms with E-state index in [9.17, 15) is 14.7 Å². The van der Waals surface area contributed by atoms with Gasteiger partial charge in [-0.3, -0.25) is 10.1 Å². The maximum Gasteiger partial charge on any atom is 0.331 e. The molecule has 2 N–H and O–H groups in total. The molecule has 0 aromatic rings. The van der Waals surface area contributed by atoms with Crippen LogP contribution in [0.1, 0.15) is 136 Å². The van der Waals surface area contributed by atoms with Crippen LogP contribution in [-0.4, -0.2) is 29.4 Å². The van der Waals surface area contributed by atoms with Crippen LogP contribution in [0.25, 0.3) is 0 Å². The van der Waals surface area contributed by atoms with Gasteiger partial charge in [-0.25, -0.2) is 4.79 Å². The van der Waals surface area contributed by atoms with Gasteiger partial charge in [0.1, 0.15) is 0 Å². The van der Waals surface area contributed by atoms with Crippen molar-refractivity contribution in [2.75, 3.05) is 7.05 Å². The number of unbranched alkanes of at least 4 members (excludes halogenated alkanes) is 15. The maximum absolute atomic E-state index is 12.3. The second-order valence-corrected chi connectivity index (χ2v) is 8.69. The third-order valence-electron chi connectivity index (χ3n) is 6.15. The fraction of sp³-hybridized carbons (Fsp3) is 0.920. The number of hydrogen-bond acceptors (Lipinski definition) is 3. The lowest BCUT2D eigenvalue weighted by Crippen LogP contribution is -2.56. The first kappa shape index (κ1) is 28.1. The van der Waals surface area contributed by atoms with Gasteiger partial charge in [-0.05, 0) is 19.9 Å². The zero-order chi connectivity index (χ0) is 21.8. The molecule has 4 nitrogen and oxygen atoms in total. The van der Waals surface area contributed by atoms with Gasteiger partial charge in [0, 0.05) is 6.42 Å². The smallest absolute Gasteiger partial charge is 0.331 e. The molecule has 0 bridgehead atoms. The van der Waals surface area contributed by atoms with Crippen molar-refractivity contribution in [3.63, 3.8) is 0 Å². The van der Waals surface area contributed by atoms with E-state index in [1.165, 1.54) is 83.5 Å². The SMILES string of the molecule is CCCCCCCCCCCCCCCCCCC(NC)(C(=O)O)C(=O)CCC. The number of ketones is 1. The van der Waals surface area contributed by atoms with Crippen LogP contribution < -0.4 is 5.32 Å². The Balaban J connectivity index is 3.62. The van der Waals surface area contributed by atoms with E-state index in [2.05, 4.69) is 12.2 Å². The molecule has 0 aromatic heterocycles. The molecule has 0 aliphatic rings. The molecule has 4 heteroatoms. The third kappa shape index (κ3) is 13.1. The summed E-state index contributed by atoms with van der Waals surface area (Å²) in [5, 5.41) is 12.4. The highest BCUT2D eigenvalue weighted by molar-refractivity contribution is 6.07. The van der Waals surface area contributed by atoms with Gasteiger partial charge in [0.15, 0.2) is 11.3 Å². The van der Waals surface area contributed by atoms with Gasteiger partial charge in [-0.1, -0.05) is 117 Å². The monoisotopic (exact) mass is 411 g/mol. The molecule has 0 saturated carbocycles. The van der Waals surface area contributed by atoms with Gasteiger partial charge in [-0.2, -0.15) is 0 Å². The highest BCUT2D eigenvalue weighted by Crippen LogP contribution is 2.21. The Morgan fingerprint density at radius 1 is 0.655 bits per heavy atom. The Labute approximate surface area is 180 Å². The molecule has 0 aliphatic heterocycles. The summed E-state index contributed by atoms with van der Waals surface area (Å²) in [6.07, 6.45) is 22.1. The van der Waals surface area contributed by atoms with Crippen LogP contribution >= 0.6 is 0 Å². The molecule has 0 heterocycles. The van der Waals surface area contributed by atoms with Gasteiger partial charge in [0.2, 0.25) is 0 Å². The summed E-state index contributed by atoms with van der Waals surface area (Å²) in [5.41, 5.74) is -1.38. The molecule has 29 heavy (non-hydrogen) atoms. The molecular weight excluding hydrogens is 362 g/mol. The number of carboxylic acids is 1. The fourth-order valence-electron chi connectivity index (χ4n) is 4.12. The van der Waals surface area contributed by atoms with Crippen LogP contribution in [-0.2, 0) is 9.59 Å². The predicted octanol–water partition coefficient (Wildman–Crippen LogP) is 7.05. The van der Waals surface area contributed by atoms with E-state index < -0.39 is 11.5 Å². The molecule has 1 unspecified atom stereocenters. The molecule has 0 spiro atoms. The number of hydrogen-bond donors (Lipinski definition) is 2. The van der Waals surface area contributed by atoms with E-state index in [1.807, 2.05) is 6.92 Å². The van der Waals surface area contributed by atoms with Crippen molar-refractivity contribution in [1.29, 1.82) is 0 Å². The first-order valence-corrected chi connectivity index (χ1v) is 12.5. The number of rotatable bonds is 22. The number of likely N-dealkylation sites (N-methyl/N-ethyl adjacent to an activating group) is 1. The van der Waals surface area contributed by atoms with E-state index >= 15 is 0 Å². The number of nitrogens with one attached hydrogen (secondary N) is 1. The van der Waals surface area contributed by atoms with Crippen LogP contribution in [0.3, 0.4) is 0 Å². The fourth-order valence-corrected chi connectivity index (χ4v) is 4.12. The minimum Gasteiger partial charge on any atom is -0.480 e. The van der Waals surface area contributed by atoms with Crippen molar-refractivity contribution in [2.45, 2.75) is 141 Å². The summed E-state index contributed by atoms with van der Waals surface area (Å²) in [7, 11) is 1.59. The largest absolute Gasteiger partial charge is 0.480 e. The highest BCUT2D eigenvalue weighted by Gasteiger charge is 2.42. The lowest BCUT2D eigenvalue weighted by molar-refractivity contribution is -0.150. The number of aliphatic carboxylic acids is 1. The summed E-state index contributed by atoms with van der Waals surface area (Å²) in [6.45, 7) is 4.18. The molecule has 0 fully saturated rings. The van der Waals surface area contributed by atoms with Crippen molar-refractivity contribution in [3.05, 3.63) is 0 Å². The molecule has 0 aromatic carbocycles. The van der Waals surface area contributed by atoms with Crippen LogP contribution in [0.15, 0.2) is 0 Å². The zero-order valence-electron chi connectivity index (χ0n) is 19.7. The topological polar surface area (TPSA) is 66.4 Å². The number of Topliss-reactive ketones (excluding diaryl/α,β-unsaturated/α-hetero) is 1. The first-order chi connectivity index (χ1) is 14.0. The number of carboxylic acid groups (broad SMARTS) is 1. The second kappa shape index (κ2) is 19.1. The Morgan fingerprint density at radius 2 is 1.03 bits per heavy atom. The summed E-state index contributed by atoms with van der Waals surface area (Å²) in [6, 6.07) is 0. The van der Waals surface area contributed by atoms with Crippen molar-refractivity contribution in [1.82, 2.24) is 5.32 Å². The standard InChI is InChI=1S/C25H49NO3/c1-4-6-7-8-9-10-11-12-13-14-15-16-17-18-19-20-22-25(26-3,24(28)29)23(27)21-5-2/h26H,4-22H2,1-3H3,(H,28,29). The molecule has 0 saturated heterocycles. The maximum atomic E-state index is 12.3. The van der Waals surface area contributed by atoms with E-state index in [-0.39, 0.29) is 5.78 Å². The molecule has 0 rings (SSSR count). The average Bonchev–Trinajstić information content (AvgIpc) is 2.70. The van der Waals surface area contributed by atoms with Gasteiger partial charge >= 0.3 is 5.97 Å². The van der Waals surface area contributed by atoms with Gasteiger partial charge in [0.25, 0.3) is 0 Å². The summed E-state index contributed by atoms with van der Waals surface area (Å²) in [4.78, 5) is 24.0. The molecule has 172 valence electrons. The Bertz CT molecular complexity index is 411. The van der Waals surface area contributed by atoms with Gasteiger partial charge < -0.3 is 5.11 Å². The van der Waals surface area contributed by atoms with Crippen LogP contribution in [0.2, 0.25) is 0 Å². The average molecular weight is 412 g/mol. The van der Waals surface area contributed by atoms with Crippen LogP contribution in [0.4, 0.5) is 0 Å². The lowest BCUT2D eigenvalue weighted by atomic mass is 9.85. The van der Waals surface area contributed by atoms with Crippen molar-refractivity contribution in [2.24, 2.45) is 0 Å². The Hall–Kier alpha value is -0.900. The van der Waals surface area contributed by atoms with Gasteiger partial charge in [0.05, 0.1) is 0 Å². The Kier molecular flexibility index (Phi) is 18.5. The van der Waals surface area contributed by atoms with E-state index in [0.29, 0.717) is 19.3 Å². The number of carbonyl (C=O) groups is 2. The summed E-state index contributed by atoms with van der Waals surface area (Å²) in [5.74, 6) is -1.21. The summed E-state index contributed by atoms with van der Waals surface area (Å²) < 4.78 is 0. The van der Waals surface area contributed by atoms with E-state index in [1.54, 1.807) is 7.05 Å². The molecule has 0 aliphatic carbocycles. The molecular formula is C25H49NO3. The minimum atomic E-state index is -1.38. The minimum absolute atomic E-state index is 0.184. The first-order valence-electron chi connectivity index (χ1n) is 12.5. The second-order valence-electron chi connectivity index (χ2n) is 8.69. The van der Waals surface area contributed by atoms with E-state index in [0.717, 1.165) is 19.3 Å². The lowest BCUT2D eigenvalue weighted by Gasteiger charge is -2.27. The normalized spacial score (nSPS) is 13.3. The zero-order valence-corrected chi connectivity index (χ0v) is 19.7. The van der Waals surface area contributed by atoms with Crippen LogP contribution in [0, 0.1) is 0 Å². The molecule has 0 radical (unpaired) electrons. The molecule has 1 atom stereocenters. The Morgan fingerprint density at radius 3 is 1.34 bits per heavy atom. The van der Waals surface area contributed by atoms with E-state index in [4.69, 9.17) is 0 Å². The van der Waals surface area contributed by atoms with Gasteiger partial charge in [-0.15, -0.1) is 0 Å². The molecule has 0 amide bonds. The highest BCUT2D eigenvalue weighted by atomic mass is 16.4. The van der Waals surface area contributed by atoms with Crippen molar-refractivity contribution >= 4 is 11.8 Å². The van der Waals surface area contributed by atoms with Crippen molar-refractivity contribution in [3.8, 4) is 0 Å². The van der Waals surface area contributed by atoms with Crippen molar-refractivity contribution < 1.29 is 14.7 Å². The van der Waals surface area contributed by atoms with Crippen LogP contribution in [0.5, 0.6) is 0 Å². The third-order valence-corrected chi connectivity index (χ3v) is 6.15. The number of carbonyl (C=O) groups excluding carboxylic acids is 1. The quantitative estimate of drug-likeness (QED) is 0.148. The predicted molar refractivity (Wildman–Crippen MR) is 124 cm³/mol. The summed E-state index contributed by atoms with van der Waals surface area (Å²) >= 11 is 0.